The summed E-state index contributed by atoms with van der Waals surface area (Å²) in [4.78, 5) is 43.1. The Morgan fingerprint density at radius 1 is 1.06 bits per heavy atom. The van der Waals surface area contributed by atoms with Crippen molar-refractivity contribution in [3.63, 3.8) is 0 Å². The molecule has 7 atom stereocenters. The van der Waals surface area contributed by atoms with Gasteiger partial charge in [0, 0.05) is 37.3 Å². The zero-order valence-electron chi connectivity index (χ0n) is 30.5. The second-order valence-corrected chi connectivity index (χ2v) is 14.8. The van der Waals surface area contributed by atoms with Crippen LogP contribution in [0.25, 0.3) is 10.8 Å². The third kappa shape index (κ3) is 11.0. The molecule has 12 heteroatoms. The maximum atomic E-state index is 12.4. The summed E-state index contributed by atoms with van der Waals surface area (Å²) in [6.07, 6.45) is 13.4. The summed E-state index contributed by atoms with van der Waals surface area (Å²) >= 11 is 0. The fourth-order valence-corrected chi connectivity index (χ4v) is 8.36. The molecule has 12 nitrogen and oxygen atoms in total. The normalized spacial score (nSPS) is 21.9. The Kier molecular flexibility index (Phi) is 14.6. The molecule has 0 saturated heterocycles. The monoisotopic (exact) mass is 728 g/mol. The van der Waals surface area contributed by atoms with Crippen LogP contribution in [-0.4, -0.2) is 82.2 Å². The number of aromatic amines is 1. The number of guanidine groups is 1. The van der Waals surface area contributed by atoms with Gasteiger partial charge in [-0.3, -0.25) is 0 Å². The number of anilines is 1. The Bertz CT molecular complexity index is 1720. The number of hydrogen-bond acceptors (Lipinski definition) is 10. The average Bonchev–Trinajstić information content (AvgIpc) is 3.66. The van der Waals surface area contributed by atoms with Crippen LogP contribution >= 0.6 is 0 Å². The van der Waals surface area contributed by atoms with Crippen LogP contribution in [0.1, 0.15) is 86.8 Å². The van der Waals surface area contributed by atoms with Crippen molar-refractivity contribution in [1.29, 1.82) is 0 Å². The molecule has 3 aromatic rings. The van der Waals surface area contributed by atoms with Crippen LogP contribution in [0, 0.1) is 11.8 Å². The summed E-state index contributed by atoms with van der Waals surface area (Å²) in [6.45, 7) is -0.0855. The first-order valence-electron chi connectivity index (χ1n) is 19.1. The Hall–Kier alpha value is -4.52. The van der Waals surface area contributed by atoms with E-state index in [1.165, 1.54) is 17.2 Å². The van der Waals surface area contributed by atoms with Crippen molar-refractivity contribution >= 4 is 41.1 Å². The van der Waals surface area contributed by atoms with E-state index >= 15 is 0 Å². The molecule has 5 rings (SSSR count). The van der Waals surface area contributed by atoms with E-state index in [1.54, 1.807) is 0 Å². The number of aliphatic carboxylic acids is 1. The Balaban J connectivity index is 1.46. The molecular weight excluding hydrogens is 672 g/mol. The molecule has 7 unspecified atom stereocenters. The first kappa shape index (κ1) is 39.7. The van der Waals surface area contributed by atoms with Gasteiger partial charge in [-0.2, -0.15) is 0 Å². The van der Waals surface area contributed by atoms with Crippen LogP contribution in [-0.2, 0) is 27.2 Å². The molecule has 2 heterocycles. The van der Waals surface area contributed by atoms with Gasteiger partial charge in [-0.15, -0.1) is 0 Å². The molecule has 0 amide bonds. The molecule has 0 spiro atoms. The lowest BCUT2D eigenvalue weighted by Gasteiger charge is -2.39. The number of aliphatic hydroxyl groups excluding tert-OH is 2. The first-order chi connectivity index (χ1) is 25.7. The molecule has 2 aliphatic rings. The Morgan fingerprint density at radius 2 is 1.91 bits per heavy atom. The zero-order chi connectivity index (χ0) is 37.7. The number of fused-ring (bicyclic) bond motifs is 2. The van der Waals surface area contributed by atoms with Crippen molar-refractivity contribution in [2.24, 2.45) is 28.3 Å². The van der Waals surface area contributed by atoms with E-state index in [2.05, 4.69) is 44.9 Å². The van der Waals surface area contributed by atoms with Gasteiger partial charge in [-0.1, -0.05) is 36.8 Å². The third-order valence-electron chi connectivity index (χ3n) is 11.1. The number of carboxylic acids is 1. The number of carboxylic acid groups (broad SMARTS) is 1. The van der Waals surface area contributed by atoms with E-state index < -0.39 is 18.1 Å². The van der Waals surface area contributed by atoms with Crippen molar-refractivity contribution < 1.29 is 29.7 Å². The summed E-state index contributed by atoms with van der Waals surface area (Å²) in [5.41, 5.74) is 16.9. The van der Waals surface area contributed by atoms with Crippen molar-refractivity contribution in [1.82, 2.24) is 10.3 Å². The minimum atomic E-state index is -1.07. The van der Waals surface area contributed by atoms with Gasteiger partial charge in [-0.05, 0) is 121 Å². The SMILES string of the molecule is NC1=NC(C(=CC(=O)O)C(CC2CCc3cc4ccc(CC=O)cc4cc3C2CCCC(N)CCC(C=O)CCCO)Nc2ccc[nH]2)CC(CO)N1. The number of aldehydes is 2. The van der Waals surface area contributed by atoms with Gasteiger partial charge in [-0.25, -0.2) is 9.79 Å². The standard InChI is InChI=1S/C41H56N6O6/c42-32(13-9-27(24-50)4-3-16-48)5-1-6-34-30(12-11-29-19-28-10-8-26(14-17-49)18-31(28)20-35(29)34)21-37(46-39-7-2-15-44-39)36(23-40(52)53)38-22-33(25-51)45-41(43)47-38/h2,7-8,10,15,17-20,23-24,27,30,32-34,37-38,44,46,48,51H,1,3-6,9,11-14,16,21-22,25,42H2,(H,52,53)(H3,43,45,47). The minimum absolute atomic E-state index is 0.0503. The smallest absolute Gasteiger partial charge is 0.328 e. The highest BCUT2D eigenvalue weighted by molar-refractivity contribution is 5.86. The van der Waals surface area contributed by atoms with Gasteiger partial charge < -0.3 is 52.0 Å². The van der Waals surface area contributed by atoms with E-state index in [9.17, 15) is 29.7 Å². The molecule has 1 aliphatic heterocycles. The molecule has 0 saturated carbocycles. The van der Waals surface area contributed by atoms with Crippen molar-refractivity contribution in [2.75, 3.05) is 18.5 Å². The van der Waals surface area contributed by atoms with Crippen LogP contribution < -0.4 is 22.1 Å². The summed E-state index contributed by atoms with van der Waals surface area (Å²) in [5.74, 6) is 0.0958. The average molecular weight is 729 g/mol. The van der Waals surface area contributed by atoms with Crippen molar-refractivity contribution in [3.8, 4) is 0 Å². The number of aliphatic imine (C=N–C) groups is 1. The van der Waals surface area contributed by atoms with E-state index in [0.29, 0.717) is 44.1 Å². The first-order valence-corrected chi connectivity index (χ1v) is 19.1. The largest absolute Gasteiger partial charge is 0.478 e. The zero-order valence-corrected chi connectivity index (χ0v) is 30.5. The van der Waals surface area contributed by atoms with Gasteiger partial charge in [0.1, 0.15) is 18.4 Å². The van der Waals surface area contributed by atoms with Gasteiger partial charge in [0.2, 0.25) is 0 Å². The fourth-order valence-electron chi connectivity index (χ4n) is 8.36. The van der Waals surface area contributed by atoms with Crippen LogP contribution in [0.5, 0.6) is 0 Å². The second kappa shape index (κ2) is 19.5. The molecule has 0 fully saturated rings. The molecule has 2 aromatic carbocycles. The number of hydrogen-bond donors (Lipinski definition) is 8. The number of nitrogens with zero attached hydrogens (tertiary/aromatic N) is 1. The van der Waals surface area contributed by atoms with Crippen LogP contribution in [0.15, 0.2) is 65.3 Å². The summed E-state index contributed by atoms with van der Waals surface area (Å²) in [6, 6.07) is 13.2. The fraction of sp³-hybridized carbons (Fsp3) is 0.512. The van der Waals surface area contributed by atoms with Crippen molar-refractivity contribution in [2.45, 2.75) is 107 Å². The number of nitrogens with two attached hydrogens (primary N) is 2. The topological polar surface area (TPSA) is 216 Å². The number of aliphatic hydroxyl groups is 2. The number of aromatic nitrogens is 1. The quantitative estimate of drug-likeness (QED) is 0.0574. The molecule has 286 valence electrons. The minimum Gasteiger partial charge on any atom is -0.478 e. The van der Waals surface area contributed by atoms with Gasteiger partial charge in [0.25, 0.3) is 0 Å². The van der Waals surface area contributed by atoms with E-state index in [1.807, 2.05) is 24.4 Å². The molecule has 0 radical (unpaired) electrons. The number of nitrogens with one attached hydrogen (secondary N) is 3. The lowest BCUT2D eigenvalue weighted by atomic mass is 9.69. The maximum absolute atomic E-state index is 12.4. The predicted molar refractivity (Wildman–Crippen MR) is 208 cm³/mol. The van der Waals surface area contributed by atoms with Crippen molar-refractivity contribution in [3.05, 3.63) is 77.0 Å². The number of benzene rings is 2. The highest BCUT2D eigenvalue weighted by Crippen LogP contribution is 2.44. The molecule has 1 aromatic heterocycles. The van der Waals surface area contributed by atoms with Crippen LogP contribution in [0.2, 0.25) is 0 Å². The summed E-state index contributed by atoms with van der Waals surface area (Å²) in [7, 11) is 0. The van der Waals surface area contributed by atoms with Crippen LogP contribution in [0.3, 0.4) is 0 Å². The number of rotatable bonds is 21. The van der Waals surface area contributed by atoms with Crippen LogP contribution in [0.4, 0.5) is 5.82 Å². The Labute approximate surface area is 311 Å². The van der Waals surface area contributed by atoms with Gasteiger partial charge in [0.15, 0.2) is 5.96 Å². The highest BCUT2D eigenvalue weighted by Gasteiger charge is 2.36. The maximum Gasteiger partial charge on any atom is 0.328 e. The summed E-state index contributed by atoms with van der Waals surface area (Å²) in [5, 5.41) is 38.1. The number of H-pyrrole nitrogens is 1. The lowest BCUT2D eigenvalue weighted by molar-refractivity contribution is -0.131. The number of carbonyl (C=O) groups is 3. The van der Waals surface area contributed by atoms with Gasteiger partial charge in [0.05, 0.1) is 24.7 Å². The molecular formula is C41H56N6O6. The van der Waals surface area contributed by atoms with E-state index in [4.69, 9.17) is 11.5 Å². The molecule has 0 bridgehead atoms. The lowest BCUT2D eigenvalue weighted by Crippen LogP contribution is -2.49. The van der Waals surface area contributed by atoms with Gasteiger partial charge >= 0.3 is 5.97 Å². The summed E-state index contributed by atoms with van der Waals surface area (Å²) < 4.78 is 0. The van der Waals surface area contributed by atoms with E-state index in [-0.39, 0.29) is 49.0 Å². The third-order valence-corrected chi connectivity index (χ3v) is 11.1. The molecule has 10 N–H and O–H groups in total. The molecule has 53 heavy (non-hydrogen) atoms. The number of carbonyl (C=O) groups excluding carboxylic acids is 2. The van der Waals surface area contributed by atoms with E-state index in [0.717, 1.165) is 73.3 Å². The second-order valence-electron chi connectivity index (χ2n) is 14.8. The Morgan fingerprint density at radius 3 is 2.62 bits per heavy atom. The highest BCUT2D eigenvalue weighted by atomic mass is 16.4. The predicted octanol–water partition coefficient (Wildman–Crippen LogP) is 4.34. The molecule has 1 aliphatic carbocycles. The number of aryl methyl sites for hydroxylation is 1.